The fourth-order valence-electron chi connectivity index (χ4n) is 1.80. The summed E-state index contributed by atoms with van der Waals surface area (Å²) in [5, 5.41) is 6.53. The zero-order valence-corrected chi connectivity index (χ0v) is 10.9. The Kier molecular flexibility index (Phi) is 2.98. The minimum atomic E-state index is 0.705. The van der Waals surface area contributed by atoms with E-state index in [1.165, 1.54) is 5.01 Å². The van der Waals surface area contributed by atoms with Crippen LogP contribution in [0.1, 0.15) is 17.6 Å². The summed E-state index contributed by atoms with van der Waals surface area (Å²) in [6, 6.07) is 8.00. The first-order valence-electron chi connectivity index (χ1n) is 5.97. The molecule has 0 atom stereocenters. The van der Waals surface area contributed by atoms with Gasteiger partial charge >= 0.3 is 0 Å². The third-order valence-electron chi connectivity index (χ3n) is 2.73. The van der Waals surface area contributed by atoms with E-state index in [1.807, 2.05) is 24.3 Å². The van der Waals surface area contributed by atoms with Crippen molar-refractivity contribution in [1.82, 2.24) is 15.0 Å². The van der Waals surface area contributed by atoms with E-state index in [1.54, 1.807) is 11.3 Å². The summed E-state index contributed by atoms with van der Waals surface area (Å²) in [5.74, 6) is 0.794. The summed E-state index contributed by atoms with van der Waals surface area (Å²) in [6.07, 6.45) is 0.995. The molecule has 0 unspecified atom stereocenters. The maximum Gasteiger partial charge on any atom is 0.201 e. The molecule has 92 valence electrons. The second-order valence-electron chi connectivity index (χ2n) is 4.04. The molecule has 0 aliphatic heterocycles. The van der Waals surface area contributed by atoms with Crippen LogP contribution in [0.3, 0.4) is 0 Å². The third-order valence-corrected chi connectivity index (χ3v) is 3.77. The van der Waals surface area contributed by atoms with Gasteiger partial charge in [-0.2, -0.15) is 0 Å². The van der Waals surface area contributed by atoms with Gasteiger partial charge in [-0.25, -0.2) is 9.97 Å². The number of imidazole rings is 1. The van der Waals surface area contributed by atoms with Crippen molar-refractivity contribution in [2.45, 2.75) is 19.9 Å². The first kappa shape index (κ1) is 11.2. The van der Waals surface area contributed by atoms with E-state index in [2.05, 4.69) is 32.6 Å². The van der Waals surface area contributed by atoms with Crippen LogP contribution in [0.4, 0.5) is 5.95 Å². The van der Waals surface area contributed by atoms with Gasteiger partial charge < -0.3 is 10.3 Å². The minimum Gasteiger partial charge on any atom is -0.350 e. The van der Waals surface area contributed by atoms with E-state index < -0.39 is 0 Å². The van der Waals surface area contributed by atoms with Crippen molar-refractivity contribution in [1.29, 1.82) is 0 Å². The predicted molar refractivity (Wildman–Crippen MR) is 74.9 cm³/mol. The Hall–Kier alpha value is -1.88. The van der Waals surface area contributed by atoms with E-state index in [4.69, 9.17) is 0 Å². The number of rotatable bonds is 4. The average molecular weight is 258 g/mol. The van der Waals surface area contributed by atoms with Crippen LogP contribution >= 0.6 is 11.3 Å². The maximum atomic E-state index is 4.51. The molecule has 0 radical (unpaired) electrons. The monoisotopic (exact) mass is 258 g/mol. The largest absolute Gasteiger partial charge is 0.350 e. The Morgan fingerprint density at radius 3 is 2.94 bits per heavy atom. The van der Waals surface area contributed by atoms with Gasteiger partial charge in [0.25, 0.3) is 0 Å². The highest BCUT2D eigenvalue weighted by molar-refractivity contribution is 7.09. The summed E-state index contributed by atoms with van der Waals surface area (Å²) < 4.78 is 0. The number of thiazole rings is 1. The van der Waals surface area contributed by atoms with E-state index >= 15 is 0 Å². The molecule has 2 aromatic heterocycles. The van der Waals surface area contributed by atoms with Crippen LogP contribution < -0.4 is 5.32 Å². The molecule has 2 heterocycles. The van der Waals surface area contributed by atoms with Crippen molar-refractivity contribution in [3.05, 3.63) is 40.3 Å². The highest BCUT2D eigenvalue weighted by atomic mass is 32.1. The standard InChI is InChI=1S/C13H14N4S/c1-2-12-15-9(8-18-12)7-14-13-16-10-5-3-4-6-11(10)17-13/h3-6,8H,2,7H2,1H3,(H2,14,16,17). The zero-order chi connectivity index (χ0) is 12.4. The molecule has 5 heteroatoms. The van der Waals surface area contributed by atoms with Crippen molar-refractivity contribution in [2.75, 3.05) is 5.32 Å². The molecular weight excluding hydrogens is 244 g/mol. The molecule has 3 rings (SSSR count). The first-order chi connectivity index (χ1) is 8.85. The Bertz CT molecular complexity index is 623. The summed E-state index contributed by atoms with van der Waals surface area (Å²) in [6.45, 7) is 2.83. The number of aromatic amines is 1. The van der Waals surface area contributed by atoms with Crippen LogP contribution in [0.25, 0.3) is 11.0 Å². The van der Waals surface area contributed by atoms with E-state index in [0.29, 0.717) is 6.54 Å². The van der Waals surface area contributed by atoms with Crippen molar-refractivity contribution in [3.63, 3.8) is 0 Å². The third kappa shape index (κ3) is 2.22. The number of para-hydroxylation sites is 2. The van der Waals surface area contributed by atoms with Crippen LogP contribution in [0, 0.1) is 0 Å². The summed E-state index contributed by atoms with van der Waals surface area (Å²) in [5.41, 5.74) is 3.09. The van der Waals surface area contributed by atoms with Gasteiger partial charge in [-0.3, -0.25) is 0 Å². The summed E-state index contributed by atoms with van der Waals surface area (Å²) in [7, 11) is 0. The second kappa shape index (κ2) is 4.78. The number of anilines is 1. The van der Waals surface area contributed by atoms with Gasteiger partial charge in [0.15, 0.2) is 0 Å². The van der Waals surface area contributed by atoms with Crippen LogP contribution in [-0.2, 0) is 13.0 Å². The maximum absolute atomic E-state index is 4.51. The van der Waals surface area contributed by atoms with Gasteiger partial charge in [-0.15, -0.1) is 11.3 Å². The highest BCUT2D eigenvalue weighted by Gasteiger charge is 2.03. The fraction of sp³-hybridized carbons (Fsp3) is 0.231. The Morgan fingerprint density at radius 2 is 2.17 bits per heavy atom. The number of fused-ring (bicyclic) bond motifs is 1. The van der Waals surface area contributed by atoms with Gasteiger partial charge in [0.2, 0.25) is 5.95 Å². The number of hydrogen-bond acceptors (Lipinski definition) is 4. The molecule has 18 heavy (non-hydrogen) atoms. The lowest BCUT2D eigenvalue weighted by Gasteiger charge is -1.98. The van der Waals surface area contributed by atoms with Crippen LogP contribution in [0.5, 0.6) is 0 Å². The molecule has 0 bridgehead atoms. The molecule has 0 saturated heterocycles. The van der Waals surface area contributed by atoms with E-state index in [-0.39, 0.29) is 0 Å². The number of H-pyrrole nitrogens is 1. The number of hydrogen-bond donors (Lipinski definition) is 2. The molecule has 0 saturated carbocycles. The number of nitrogens with zero attached hydrogens (tertiary/aromatic N) is 2. The zero-order valence-electron chi connectivity index (χ0n) is 10.1. The molecule has 0 aliphatic carbocycles. The number of nitrogens with one attached hydrogen (secondary N) is 2. The van der Waals surface area contributed by atoms with Crippen molar-refractivity contribution >= 4 is 28.3 Å². The van der Waals surface area contributed by atoms with Crippen LogP contribution in [0.15, 0.2) is 29.6 Å². The van der Waals surface area contributed by atoms with Gasteiger partial charge in [0.05, 0.1) is 28.3 Å². The molecule has 4 nitrogen and oxygen atoms in total. The van der Waals surface area contributed by atoms with Gasteiger partial charge in [0, 0.05) is 5.38 Å². The predicted octanol–water partition coefficient (Wildman–Crippen LogP) is 3.19. The number of benzene rings is 1. The van der Waals surface area contributed by atoms with E-state index in [9.17, 15) is 0 Å². The highest BCUT2D eigenvalue weighted by Crippen LogP contribution is 2.15. The lowest BCUT2D eigenvalue weighted by molar-refractivity contribution is 0.997. The topological polar surface area (TPSA) is 53.6 Å². The van der Waals surface area contributed by atoms with Gasteiger partial charge in [-0.1, -0.05) is 19.1 Å². The molecule has 0 fully saturated rings. The Balaban J connectivity index is 1.72. The normalized spacial score (nSPS) is 10.9. The number of aryl methyl sites for hydroxylation is 1. The molecule has 0 amide bonds. The second-order valence-corrected chi connectivity index (χ2v) is 4.98. The molecule has 0 aliphatic rings. The van der Waals surface area contributed by atoms with Crippen molar-refractivity contribution < 1.29 is 0 Å². The lowest BCUT2D eigenvalue weighted by atomic mass is 10.3. The van der Waals surface area contributed by atoms with Gasteiger partial charge in [-0.05, 0) is 18.6 Å². The first-order valence-corrected chi connectivity index (χ1v) is 6.85. The molecule has 2 N–H and O–H groups in total. The quantitative estimate of drug-likeness (QED) is 0.755. The molecule has 1 aromatic carbocycles. The summed E-state index contributed by atoms with van der Waals surface area (Å²) in [4.78, 5) is 12.2. The van der Waals surface area contributed by atoms with Crippen molar-refractivity contribution in [3.8, 4) is 0 Å². The molecular formula is C13H14N4S. The smallest absolute Gasteiger partial charge is 0.201 e. The van der Waals surface area contributed by atoms with Crippen molar-refractivity contribution in [2.24, 2.45) is 0 Å². The molecule has 3 aromatic rings. The van der Waals surface area contributed by atoms with Gasteiger partial charge in [0.1, 0.15) is 0 Å². The lowest BCUT2D eigenvalue weighted by Crippen LogP contribution is -2.01. The fourth-order valence-corrected chi connectivity index (χ4v) is 2.55. The summed E-state index contributed by atoms with van der Waals surface area (Å²) >= 11 is 1.71. The van der Waals surface area contributed by atoms with Crippen LogP contribution in [-0.4, -0.2) is 15.0 Å². The average Bonchev–Trinajstić information content (AvgIpc) is 3.02. The minimum absolute atomic E-state index is 0.705. The SMILES string of the molecule is CCc1nc(CNc2nc3ccccc3[nH]2)cs1. The Labute approximate surface area is 109 Å². The van der Waals surface area contributed by atoms with Crippen LogP contribution in [0.2, 0.25) is 0 Å². The Morgan fingerprint density at radius 1 is 1.28 bits per heavy atom. The number of aromatic nitrogens is 3. The molecule has 0 spiro atoms. The van der Waals surface area contributed by atoms with E-state index in [0.717, 1.165) is 29.1 Å².